The molecule has 0 radical (unpaired) electrons. The van der Waals surface area contributed by atoms with Gasteiger partial charge in [-0.15, -0.1) is 0 Å². The van der Waals surface area contributed by atoms with Crippen molar-refractivity contribution in [2.24, 2.45) is 0 Å². The quantitative estimate of drug-likeness (QED) is 0.516. The van der Waals surface area contributed by atoms with Crippen molar-refractivity contribution in [1.82, 2.24) is 29.7 Å². The van der Waals surface area contributed by atoms with Crippen LogP contribution < -0.4 is 5.32 Å². The van der Waals surface area contributed by atoms with Crippen molar-refractivity contribution in [2.45, 2.75) is 18.5 Å². The van der Waals surface area contributed by atoms with E-state index in [1.54, 1.807) is 6.20 Å². The van der Waals surface area contributed by atoms with Crippen molar-refractivity contribution >= 4 is 28.9 Å². The van der Waals surface area contributed by atoms with Crippen LogP contribution in [0.3, 0.4) is 0 Å². The normalized spacial score (nSPS) is 21.4. The largest absolute Gasteiger partial charge is 0.379 e. The Hall–Kier alpha value is -2.52. The van der Waals surface area contributed by atoms with Crippen LogP contribution >= 0.6 is 23.8 Å². The van der Waals surface area contributed by atoms with E-state index in [0.29, 0.717) is 5.02 Å². The Morgan fingerprint density at radius 2 is 1.94 bits per heavy atom. The number of morpholine rings is 1. The van der Waals surface area contributed by atoms with E-state index >= 15 is 0 Å². The van der Waals surface area contributed by atoms with Gasteiger partial charge in [0.15, 0.2) is 5.11 Å². The second kappa shape index (κ2) is 10.2. The molecule has 5 heterocycles. The molecule has 0 amide bonds. The molecule has 2 aliphatic rings. The highest BCUT2D eigenvalue weighted by molar-refractivity contribution is 7.80. The highest BCUT2D eigenvalue weighted by Crippen LogP contribution is 2.39. The maximum atomic E-state index is 6.08. The molecule has 2 fully saturated rings. The van der Waals surface area contributed by atoms with Gasteiger partial charge >= 0.3 is 0 Å². The molecule has 0 spiro atoms. The number of hydrogen-bond donors (Lipinski definition) is 1. The molecule has 0 aliphatic carbocycles. The number of rotatable bonds is 7. The highest BCUT2D eigenvalue weighted by Gasteiger charge is 2.41. The van der Waals surface area contributed by atoms with Gasteiger partial charge < -0.3 is 19.5 Å². The molecule has 3 aromatic heterocycles. The molecule has 5 rings (SSSR count). The summed E-state index contributed by atoms with van der Waals surface area (Å²) in [6.45, 7) is 5.51. The fraction of sp³-hybridized carbons (Fsp3) is 0.375. The van der Waals surface area contributed by atoms with Crippen molar-refractivity contribution in [3.8, 4) is 5.82 Å². The lowest BCUT2D eigenvalue weighted by atomic mass is 10.0. The summed E-state index contributed by atoms with van der Waals surface area (Å²) in [5.74, 6) is 0.824. The third-order valence-electron chi connectivity index (χ3n) is 6.22. The summed E-state index contributed by atoms with van der Waals surface area (Å²) in [7, 11) is 0. The summed E-state index contributed by atoms with van der Waals surface area (Å²) in [6, 6.07) is 13.9. The molecule has 172 valence electrons. The fourth-order valence-corrected chi connectivity index (χ4v) is 5.06. The summed E-state index contributed by atoms with van der Waals surface area (Å²) in [4.78, 5) is 13.9. The summed E-state index contributed by atoms with van der Waals surface area (Å²) in [5.41, 5.74) is 2.08. The van der Waals surface area contributed by atoms with Crippen molar-refractivity contribution < 1.29 is 4.74 Å². The van der Waals surface area contributed by atoms with Gasteiger partial charge in [0.25, 0.3) is 0 Å². The zero-order valence-electron chi connectivity index (χ0n) is 18.3. The molecule has 0 aromatic carbocycles. The molecule has 33 heavy (non-hydrogen) atoms. The summed E-state index contributed by atoms with van der Waals surface area (Å²) in [5, 5.41) is 4.92. The van der Waals surface area contributed by atoms with Crippen molar-refractivity contribution in [1.29, 1.82) is 0 Å². The monoisotopic (exact) mass is 482 g/mol. The zero-order valence-corrected chi connectivity index (χ0v) is 19.9. The van der Waals surface area contributed by atoms with Crippen LogP contribution in [0.4, 0.5) is 0 Å². The maximum absolute atomic E-state index is 6.08. The van der Waals surface area contributed by atoms with Crippen LogP contribution in [0.25, 0.3) is 5.82 Å². The first kappa shape index (κ1) is 22.3. The number of thiocarbonyl (C=S) groups is 1. The van der Waals surface area contributed by atoms with Crippen LogP contribution in [0.1, 0.15) is 29.9 Å². The first-order valence-corrected chi connectivity index (χ1v) is 12.1. The van der Waals surface area contributed by atoms with E-state index in [0.717, 1.165) is 68.1 Å². The van der Waals surface area contributed by atoms with E-state index in [1.165, 1.54) is 0 Å². The van der Waals surface area contributed by atoms with Gasteiger partial charge in [-0.3, -0.25) is 9.88 Å². The molecule has 1 N–H and O–H groups in total. The smallest absolute Gasteiger partial charge is 0.170 e. The van der Waals surface area contributed by atoms with Gasteiger partial charge in [-0.05, 0) is 55.0 Å². The number of aromatic nitrogens is 3. The molecule has 7 nitrogen and oxygen atoms in total. The van der Waals surface area contributed by atoms with Crippen LogP contribution in [-0.4, -0.2) is 68.8 Å². The van der Waals surface area contributed by atoms with Gasteiger partial charge in [-0.1, -0.05) is 17.7 Å². The number of hydrogen-bond acceptors (Lipinski definition) is 5. The molecule has 2 saturated heterocycles. The Morgan fingerprint density at radius 1 is 1.06 bits per heavy atom. The molecule has 2 atom stereocenters. The third kappa shape index (κ3) is 4.89. The first-order chi connectivity index (χ1) is 16.2. The Kier molecular flexibility index (Phi) is 6.87. The van der Waals surface area contributed by atoms with Gasteiger partial charge in [-0.2, -0.15) is 0 Å². The zero-order chi connectivity index (χ0) is 22.6. The SMILES string of the molecule is S=C1N[C@H](c2ccccn2)[C@@H](c2cccn2-c2ccc(Cl)cn2)N1CCCN1CCOCC1. The minimum Gasteiger partial charge on any atom is -0.379 e. The van der Waals surface area contributed by atoms with Crippen molar-refractivity contribution in [3.05, 3.63) is 77.5 Å². The predicted octanol–water partition coefficient (Wildman–Crippen LogP) is 3.62. The van der Waals surface area contributed by atoms with Crippen LogP contribution in [0, 0.1) is 0 Å². The maximum Gasteiger partial charge on any atom is 0.170 e. The predicted molar refractivity (Wildman–Crippen MR) is 133 cm³/mol. The van der Waals surface area contributed by atoms with E-state index in [2.05, 4.69) is 41.8 Å². The van der Waals surface area contributed by atoms with Gasteiger partial charge in [0.05, 0.1) is 36.0 Å². The second-order valence-electron chi connectivity index (χ2n) is 8.27. The number of ether oxygens (including phenoxy) is 1. The average molecular weight is 483 g/mol. The van der Waals surface area contributed by atoms with Gasteiger partial charge in [0.1, 0.15) is 5.82 Å². The van der Waals surface area contributed by atoms with Gasteiger partial charge in [0.2, 0.25) is 0 Å². The lowest BCUT2D eigenvalue weighted by Crippen LogP contribution is -2.39. The van der Waals surface area contributed by atoms with E-state index in [-0.39, 0.29) is 12.1 Å². The molecule has 0 bridgehead atoms. The minimum absolute atomic E-state index is 0.00966. The van der Waals surface area contributed by atoms with Crippen molar-refractivity contribution in [3.63, 3.8) is 0 Å². The van der Waals surface area contributed by atoms with Gasteiger partial charge in [0, 0.05) is 50.5 Å². The van der Waals surface area contributed by atoms with E-state index < -0.39 is 0 Å². The minimum atomic E-state index is -0.0527. The van der Waals surface area contributed by atoms with Crippen LogP contribution in [0.15, 0.2) is 61.1 Å². The van der Waals surface area contributed by atoms with Crippen molar-refractivity contribution in [2.75, 3.05) is 39.4 Å². The molecule has 9 heteroatoms. The summed E-state index contributed by atoms with van der Waals surface area (Å²) < 4.78 is 7.59. The number of nitrogens with zero attached hydrogens (tertiary/aromatic N) is 5. The summed E-state index contributed by atoms with van der Waals surface area (Å²) >= 11 is 11.9. The third-order valence-corrected chi connectivity index (χ3v) is 6.79. The Labute approximate surface area is 204 Å². The number of halogens is 1. The summed E-state index contributed by atoms with van der Waals surface area (Å²) in [6.07, 6.45) is 6.56. The Bertz CT molecular complexity index is 1070. The molecular formula is C24H27ClN6OS. The average Bonchev–Trinajstić information content (AvgIpc) is 3.45. The Morgan fingerprint density at radius 3 is 2.70 bits per heavy atom. The standard InChI is InChI=1S/C24H27ClN6OS/c25-18-7-8-21(27-17-18)30-11-3-6-20(30)23-22(19-5-1-2-9-26-19)28-24(33)31(23)12-4-10-29-13-15-32-16-14-29/h1-3,5-9,11,17,22-23H,4,10,12-16H2,(H,28,33)/t22-,23-/m1/s1. The topological polar surface area (TPSA) is 58.5 Å². The molecule has 0 saturated carbocycles. The van der Waals surface area contributed by atoms with E-state index in [1.807, 2.05) is 42.7 Å². The second-order valence-corrected chi connectivity index (χ2v) is 9.09. The van der Waals surface area contributed by atoms with Crippen LogP contribution in [0.2, 0.25) is 5.02 Å². The molecule has 3 aromatic rings. The van der Waals surface area contributed by atoms with Crippen LogP contribution in [0.5, 0.6) is 0 Å². The van der Waals surface area contributed by atoms with Crippen LogP contribution in [-0.2, 0) is 4.74 Å². The first-order valence-electron chi connectivity index (χ1n) is 11.3. The van der Waals surface area contributed by atoms with E-state index in [4.69, 9.17) is 28.6 Å². The number of nitrogens with one attached hydrogen (secondary N) is 1. The molecule has 0 unspecified atom stereocenters. The molecular weight excluding hydrogens is 456 g/mol. The fourth-order valence-electron chi connectivity index (χ4n) is 4.61. The lowest BCUT2D eigenvalue weighted by Gasteiger charge is -2.30. The number of pyridine rings is 2. The highest BCUT2D eigenvalue weighted by atomic mass is 35.5. The van der Waals surface area contributed by atoms with Gasteiger partial charge in [-0.25, -0.2) is 4.98 Å². The lowest BCUT2D eigenvalue weighted by molar-refractivity contribution is 0.0365. The van der Waals surface area contributed by atoms with E-state index in [9.17, 15) is 0 Å². The molecule has 2 aliphatic heterocycles. The Balaban J connectivity index is 1.44.